The molecule has 0 fully saturated rings. The lowest BCUT2D eigenvalue weighted by Gasteiger charge is -2.14. The summed E-state index contributed by atoms with van der Waals surface area (Å²) in [6.07, 6.45) is 0. The van der Waals surface area contributed by atoms with Gasteiger partial charge in [-0.15, -0.1) is 0 Å². The predicted octanol–water partition coefficient (Wildman–Crippen LogP) is 5.27. The van der Waals surface area contributed by atoms with Crippen LogP contribution in [0.15, 0.2) is 85.3 Å². The van der Waals surface area contributed by atoms with Crippen molar-refractivity contribution in [2.75, 3.05) is 17.1 Å². The molecule has 4 rings (SSSR count). The number of halogens is 2. The van der Waals surface area contributed by atoms with Crippen LogP contribution in [-0.4, -0.2) is 21.4 Å². The maximum atomic E-state index is 13.0. The number of carbonyl (C=O) groups excluding carboxylic acids is 1. The molecule has 0 saturated carbocycles. The van der Waals surface area contributed by atoms with E-state index in [-0.39, 0.29) is 27.4 Å². The minimum absolute atomic E-state index is 0.00741. The second kappa shape index (κ2) is 9.49. The number of hydrogen-bond donors (Lipinski definition) is 2. The number of sulfonamides is 1. The first kappa shape index (κ1) is 23.8. The number of ether oxygens (including phenoxy) is 1. The summed E-state index contributed by atoms with van der Waals surface area (Å²) in [5, 5.41) is 3.42. The minimum Gasteiger partial charge on any atom is -0.493 e. The maximum Gasteiger partial charge on any atom is 0.349 e. The topological polar surface area (TPSA) is 115 Å². The molecular formula is C23H16BrClN2O6S. The van der Waals surface area contributed by atoms with Gasteiger partial charge in [0.1, 0.15) is 5.56 Å². The van der Waals surface area contributed by atoms with Gasteiger partial charge < -0.3 is 14.5 Å². The van der Waals surface area contributed by atoms with Crippen molar-refractivity contribution in [2.24, 2.45) is 0 Å². The van der Waals surface area contributed by atoms with Gasteiger partial charge in [-0.2, -0.15) is 0 Å². The van der Waals surface area contributed by atoms with Gasteiger partial charge >= 0.3 is 5.63 Å². The molecular weight excluding hydrogens is 548 g/mol. The van der Waals surface area contributed by atoms with Gasteiger partial charge in [-0.25, -0.2) is 13.2 Å². The van der Waals surface area contributed by atoms with Gasteiger partial charge in [0.2, 0.25) is 0 Å². The molecule has 0 aliphatic heterocycles. The van der Waals surface area contributed by atoms with E-state index in [1.54, 1.807) is 24.3 Å². The van der Waals surface area contributed by atoms with Crippen LogP contribution in [0.5, 0.6) is 5.75 Å². The molecule has 11 heteroatoms. The van der Waals surface area contributed by atoms with E-state index in [2.05, 4.69) is 26.0 Å². The lowest BCUT2D eigenvalue weighted by atomic mass is 10.1. The molecule has 34 heavy (non-hydrogen) atoms. The second-order valence-corrected chi connectivity index (χ2v) is 9.97. The highest BCUT2D eigenvalue weighted by atomic mass is 79.9. The first-order valence-electron chi connectivity index (χ1n) is 9.69. The van der Waals surface area contributed by atoms with Gasteiger partial charge in [-0.05, 0) is 54.6 Å². The molecule has 0 spiro atoms. The first-order chi connectivity index (χ1) is 16.2. The van der Waals surface area contributed by atoms with Crippen molar-refractivity contribution < 1.29 is 22.4 Å². The molecule has 8 nitrogen and oxygen atoms in total. The van der Waals surface area contributed by atoms with Crippen LogP contribution in [0.2, 0.25) is 5.02 Å². The molecule has 0 aliphatic carbocycles. The van der Waals surface area contributed by atoms with Crippen LogP contribution in [0.25, 0.3) is 11.0 Å². The molecule has 3 aromatic carbocycles. The number of benzene rings is 3. The van der Waals surface area contributed by atoms with Crippen LogP contribution in [0.4, 0.5) is 11.4 Å². The van der Waals surface area contributed by atoms with Gasteiger partial charge in [0.25, 0.3) is 15.9 Å². The Morgan fingerprint density at radius 2 is 1.71 bits per heavy atom. The van der Waals surface area contributed by atoms with Gasteiger partial charge in [0.05, 0.1) is 23.4 Å². The highest BCUT2D eigenvalue weighted by Gasteiger charge is 2.20. The highest BCUT2D eigenvalue weighted by molar-refractivity contribution is 9.10. The maximum absolute atomic E-state index is 13.0. The molecule has 1 aromatic heterocycles. The molecule has 2 N–H and O–H groups in total. The van der Waals surface area contributed by atoms with E-state index >= 15 is 0 Å². The quantitative estimate of drug-likeness (QED) is 0.309. The Labute approximate surface area is 207 Å². The van der Waals surface area contributed by atoms with Crippen molar-refractivity contribution in [2.45, 2.75) is 4.90 Å². The third kappa shape index (κ3) is 4.79. The van der Waals surface area contributed by atoms with E-state index in [9.17, 15) is 18.0 Å². The van der Waals surface area contributed by atoms with Gasteiger partial charge in [-0.3, -0.25) is 9.52 Å². The van der Waals surface area contributed by atoms with E-state index in [0.717, 1.165) is 0 Å². The number of rotatable bonds is 6. The predicted molar refractivity (Wildman–Crippen MR) is 133 cm³/mol. The summed E-state index contributed by atoms with van der Waals surface area (Å²) in [6.45, 7) is 0. The number of fused-ring (bicyclic) bond motifs is 1. The van der Waals surface area contributed by atoms with Gasteiger partial charge in [0.15, 0.2) is 11.3 Å². The fourth-order valence-electron chi connectivity index (χ4n) is 3.15. The van der Waals surface area contributed by atoms with Crippen LogP contribution in [0.1, 0.15) is 10.4 Å². The number of carbonyl (C=O) groups is 1. The van der Waals surface area contributed by atoms with Crippen molar-refractivity contribution in [1.29, 1.82) is 0 Å². The molecule has 0 aliphatic rings. The Hall–Kier alpha value is -3.34. The number of para-hydroxylation sites is 2. The lowest BCUT2D eigenvalue weighted by molar-refractivity contribution is 0.102. The van der Waals surface area contributed by atoms with Crippen molar-refractivity contribution in [1.82, 2.24) is 0 Å². The standard InChI is InChI=1S/C23H16BrClN2O6S/c1-32-20-11-10-17(24)15-12-16(23(29)33-21(15)20)22(28)26-18-4-2-3-5-19(18)27-34(30,31)14-8-6-13(25)7-9-14/h2-12,27H,1H3,(H,26,28). The lowest BCUT2D eigenvalue weighted by Crippen LogP contribution is -2.22. The normalized spacial score (nSPS) is 11.3. The molecule has 1 heterocycles. The van der Waals surface area contributed by atoms with Crippen LogP contribution in [-0.2, 0) is 10.0 Å². The average Bonchev–Trinajstić information content (AvgIpc) is 2.80. The van der Waals surface area contributed by atoms with E-state index in [0.29, 0.717) is 20.6 Å². The van der Waals surface area contributed by atoms with E-state index in [4.69, 9.17) is 20.8 Å². The summed E-state index contributed by atoms with van der Waals surface area (Å²) in [6, 6.07) is 16.5. The number of hydrogen-bond acceptors (Lipinski definition) is 6. The Morgan fingerprint density at radius 3 is 2.38 bits per heavy atom. The van der Waals surface area contributed by atoms with Crippen LogP contribution in [0.3, 0.4) is 0 Å². The number of anilines is 2. The zero-order valence-corrected chi connectivity index (χ0v) is 20.6. The Bertz CT molecular complexity index is 1570. The highest BCUT2D eigenvalue weighted by Crippen LogP contribution is 2.31. The van der Waals surface area contributed by atoms with Gasteiger partial charge in [0, 0.05) is 14.9 Å². The van der Waals surface area contributed by atoms with Crippen molar-refractivity contribution in [3.05, 3.63) is 92.2 Å². The smallest absolute Gasteiger partial charge is 0.349 e. The minimum atomic E-state index is -3.96. The van der Waals surface area contributed by atoms with Crippen LogP contribution < -0.4 is 20.4 Å². The fraction of sp³-hybridized carbons (Fsp3) is 0.0435. The molecule has 0 atom stereocenters. The monoisotopic (exact) mass is 562 g/mol. The molecule has 174 valence electrons. The molecule has 0 saturated heterocycles. The largest absolute Gasteiger partial charge is 0.493 e. The molecule has 0 unspecified atom stereocenters. The van der Waals surface area contributed by atoms with Crippen LogP contribution in [0, 0.1) is 0 Å². The SMILES string of the molecule is COc1ccc(Br)c2cc(C(=O)Nc3ccccc3NS(=O)(=O)c3ccc(Cl)cc3)c(=O)oc12. The third-order valence-corrected chi connectivity index (χ3v) is 7.14. The zero-order valence-electron chi connectivity index (χ0n) is 17.5. The van der Waals surface area contributed by atoms with Crippen molar-refractivity contribution >= 4 is 65.8 Å². The van der Waals surface area contributed by atoms with Crippen LogP contribution >= 0.6 is 27.5 Å². The molecule has 4 aromatic rings. The third-order valence-electron chi connectivity index (χ3n) is 4.82. The Morgan fingerprint density at radius 1 is 1.03 bits per heavy atom. The number of amides is 1. The summed E-state index contributed by atoms with van der Waals surface area (Å²) in [5.74, 6) is -0.437. The summed E-state index contributed by atoms with van der Waals surface area (Å²) < 4.78 is 39.1. The molecule has 0 bridgehead atoms. The fourth-order valence-corrected chi connectivity index (χ4v) is 4.79. The second-order valence-electron chi connectivity index (χ2n) is 7.00. The Balaban J connectivity index is 1.67. The molecule has 0 radical (unpaired) electrons. The first-order valence-corrected chi connectivity index (χ1v) is 12.3. The molecule has 1 amide bonds. The summed E-state index contributed by atoms with van der Waals surface area (Å²) in [5.41, 5.74) is -0.694. The van der Waals surface area contributed by atoms with Gasteiger partial charge in [-0.1, -0.05) is 39.7 Å². The van der Waals surface area contributed by atoms with E-state index < -0.39 is 21.6 Å². The number of nitrogens with one attached hydrogen (secondary N) is 2. The number of methoxy groups -OCH3 is 1. The summed E-state index contributed by atoms with van der Waals surface area (Å²) in [4.78, 5) is 25.5. The summed E-state index contributed by atoms with van der Waals surface area (Å²) in [7, 11) is -2.53. The van der Waals surface area contributed by atoms with Crippen molar-refractivity contribution in [3.63, 3.8) is 0 Å². The average molecular weight is 564 g/mol. The van der Waals surface area contributed by atoms with Crippen molar-refractivity contribution in [3.8, 4) is 5.75 Å². The summed E-state index contributed by atoms with van der Waals surface area (Å²) >= 11 is 9.20. The Kier molecular flexibility index (Phi) is 6.65. The van der Waals surface area contributed by atoms with E-state index in [1.807, 2.05) is 0 Å². The van der Waals surface area contributed by atoms with E-state index in [1.165, 1.54) is 49.6 Å². The zero-order chi connectivity index (χ0) is 24.5.